The molecule has 0 fully saturated rings. The summed E-state index contributed by atoms with van der Waals surface area (Å²) < 4.78 is 4.82. The van der Waals surface area contributed by atoms with Crippen molar-refractivity contribution in [3.63, 3.8) is 0 Å². The maximum atomic E-state index is 2.42. The third kappa shape index (κ3) is 5.34. The lowest BCUT2D eigenvalue weighted by atomic mass is 9.93. The molecule has 56 heavy (non-hydrogen) atoms. The molecule has 9 aromatic carbocycles. The van der Waals surface area contributed by atoms with Crippen molar-refractivity contribution in [3.05, 3.63) is 218 Å². The average Bonchev–Trinajstić information content (AvgIpc) is 3.79. The summed E-state index contributed by atoms with van der Waals surface area (Å²) in [5.41, 5.74) is 16.7. The fourth-order valence-corrected chi connectivity index (χ4v) is 8.63. The van der Waals surface area contributed by atoms with E-state index in [4.69, 9.17) is 0 Å². The van der Waals surface area contributed by atoms with Crippen molar-refractivity contribution in [2.75, 3.05) is 0 Å². The molecule has 2 heteroatoms. The Labute approximate surface area is 325 Å². The summed E-state index contributed by atoms with van der Waals surface area (Å²) in [5, 5.41) is 4.99. The minimum Gasteiger partial charge on any atom is -0.309 e. The van der Waals surface area contributed by atoms with Crippen LogP contribution in [0.3, 0.4) is 0 Å². The Morgan fingerprint density at radius 1 is 0.196 bits per heavy atom. The Kier molecular flexibility index (Phi) is 7.53. The van der Waals surface area contributed by atoms with E-state index in [1.165, 1.54) is 88.1 Å². The Balaban J connectivity index is 1.11. The zero-order valence-corrected chi connectivity index (χ0v) is 30.7. The number of fused-ring (bicyclic) bond motifs is 6. The largest absolute Gasteiger partial charge is 0.309 e. The molecule has 0 amide bonds. The van der Waals surface area contributed by atoms with Gasteiger partial charge in [0.1, 0.15) is 0 Å². The van der Waals surface area contributed by atoms with Gasteiger partial charge in [0.25, 0.3) is 0 Å². The van der Waals surface area contributed by atoms with E-state index in [0.29, 0.717) is 0 Å². The predicted molar refractivity (Wildman–Crippen MR) is 237 cm³/mol. The fraction of sp³-hybridized carbons (Fsp3) is 0. The molecule has 2 aromatic heterocycles. The molecular formula is C54H36N2. The third-order valence-electron chi connectivity index (χ3n) is 11.3. The van der Waals surface area contributed by atoms with Crippen LogP contribution in [0.15, 0.2) is 218 Å². The van der Waals surface area contributed by atoms with E-state index in [2.05, 4.69) is 228 Å². The van der Waals surface area contributed by atoms with E-state index in [9.17, 15) is 0 Å². The molecule has 11 rings (SSSR count). The first-order valence-corrected chi connectivity index (χ1v) is 19.3. The maximum Gasteiger partial charge on any atom is 0.0547 e. The lowest BCUT2D eigenvalue weighted by molar-refractivity contribution is 1.18. The highest BCUT2D eigenvalue weighted by Gasteiger charge is 2.17. The van der Waals surface area contributed by atoms with Crippen molar-refractivity contribution in [2.45, 2.75) is 0 Å². The normalized spacial score (nSPS) is 11.6. The molecule has 262 valence electrons. The standard InChI is InChI=1S/C54H36N2/c1-5-15-37(16-6-1)42-31-43(38-17-7-2-8-18-38)33-44(32-42)39-27-30-52-50(34-39)49-29-26-41(36-54(49)56(52)46-21-11-4-12-22-46)40-25-28-48-47-23-13-14-24-51(47)55(53(48)35-40)45-19-9-3-10-20-45/h1-36H. The Morgan fingerprint density at radius 2 is 0.571 bits per heavy atom. The summed E-state index contributed by atoms with van der Waals surface area (Å²) in [6.45, 7) is 0. The van der Waals surface area contributed by atoms with E-state index >= 15 is 0 Å². The molecule has 0 N–H and O–H groups in total. The second kappa shape index (κ2) is 13.2. The summed E-state index contributed by atoms with van der Waals surface area (Å²) in [6.07, 6.45) is 0. The average molecular weight is 713 g/mol. The highest BCUT2D eigenvalue weighted by molar-refractivity contribution is 6.13. The van der Waals surface area contributed by atoms with Gasteiger partial charge in [0.15, 0.2) is 0 Å². The van der Waals surface area contributed by atoms with Gasteiger partial charge >= 0.3 is 0 Å². The second-order valence-electron chi connectivity index (χ2n) is 14.6. The van der Waals surface area contributed by atoms with E-state index in [-0.39, 0.29) is 0 Å². The number of hydrogen-bond donors (Lipinski definition) is 0. The van der Waals surface area contributed by atoms with E-state index in [1.54, 1.807) is 0 Å². The SMILES string of the molecule is c1ccc(-c2cc(-c3ccccc3)cc(-c3ccc4c(c3)c3ccc(-c5ccc6c7ccccc7n(-c7ccccc7)c6c5)cc3n4-c3ccccc3)c2)cc1. The lowest BCUT2D eigenvalue weighted by Crippen LogP contribution is -1.94. The van der Waals surface area contributed by atoms with Gasteiger partial charge in [0, 0.05) is 32.9 Å². The van der Waals surface area contributed by atoms with Crippen LogP contribution in [-0.4, -0.2) is 9.13 Å². The highest BCUT2D eigenvalue weighted by Crippen LogP contribution is 2.40. The summed E-state index contributed by atoms with van der Waals surface area (Å²) in [4.78, 5) is 0. The molecule has 0 saturated heterocycles. The number of rotatable bonds is 6. The van der Waals surface area contributed by atoms with Gasteiger partial charge in [-0.1, -0.05) is 146 Å². The first kappa shape index (κ1) is 32.0. The Hall–Kier alpha value is -7.42. The van der Waals surface area contributed by atoms with Gasteiger partial charge < -0.3 is 9.13 Å². The number of benzene rings is 9. The summed E-state index contributed by atoms with van der Waals surface area (Å²) in [5.74, 6) is 0. The van der Waals surface area contributed by atoms with Gasteiger partial charge in [0.2, 0.25) is 0 Å². The van der Waals surface area contributed by atoms with Crippen LogP contribution >= 0.6 is 0 Å². The third-order valence-corrected chi connectivity index (χ3v) is 11.3. The Bertz CT molecular complexity index is 3150. The number of hydrogen-bond acceptors (Lipinski definition) is 0. The van der Waals surface area contributed by atoms with Gasteiger partial charge in [0.05, 0.1) is 22.1 Å². The van der Waals surface area contributed by atoms with Crippen LogP contribution in [-0.2, 0) is 0 Å². The van der Waals surface area contributed by atoms with Crippen molar-refractivity contribution in [1.82, 2.24) is 9.13 Å². The van der Waals surface area contributed by atoms with E-state index in [0.717, 1.165) is 11.4 Å². The van der Waals surface area contributed by atoms with Crippen molar-refractivity contribution < 1.29 is 0 Å². The summed E-state index contributed by atoms with van der Waals surface area (Å²) in [6, 6.07) is 79.5. The smallest absolute Gasteiger partial charge is 0.0547 e. The van der Waals surface area contributed by atoms with Crippen LogP contribution in [0.1, 0.15) is 0 Å². The molecule has 0 saturated carbocycles. The topological polar surface area (TPSA) is 9.86 Å². The fourth-order valence-electron chi connectivity index (χ4n) is 8.63. The van der Waals surface area contributed by atoms with Crippen molar-refractivity contribution >= 4 is 43.6 Å². The summed E-state index contributed by atoms with van der Waals surface area (Å²) in [7, 11) is 0. The minimum absolute atomic E-state index is 1.15. The maximum absolute atomic E-state index is 2.42. The monoisotopic (exact) mass is 712 g/mol. The van der Waals surface area contributed by atoms with Gasteiger partial charge in [-0.25, -0.2) is 0 Å². The zero-order valence-electron chi connectivity index (χ0n) is 30.7. The van der Waals surface area contributed by atoms with Crippen LogP contribution in [0.5, 0.6) is 0 Å². The highest BCUT2D eigenvalue weighted by atomic mass is 15.0. The minimum atomic E-state index is 1.15. The molecule has 0 spiro atoms. The van der Waals surface area contributed by atoms with Crippen LogP contribution in [0.25, 0.3) is 99.5 Å². The molecule has 0 aliphatic heterocycles. The van der Waals surface area contributed by atoms with Crippen LogP contribution in [0.4, 0.5) is 0 Å². The molecule has 2 nitrogen and oxygen atoms in total. The number of para-hydroxylation sites is 3. The van der Waals surface area contributed by atoms with Gasteiger partial charge in [-0.2, -0.15) is 0 Å². The molecule has 0 aliphatic rings. The van der Waals surface area contributed by atoms with Crippen molar-refractivity contribution in [3.8, 4) is 55.9 Å². The second-order valence-corrected chi connectivity index (χ2v) is 14.6. The van der Waals surface area contributed by atoms with E-state index < -0.39 is 0 Å². The number of aromatic nitrogens is 2. The molecule has 0 aliphatic carbocycles. The Morgan fingerprint density at radius 3 is 1.11 bits per heavy atom. The van der Waals surface area contributed by atoms with Crippen molar-refractivity contribution in [1.29, 1.82) is 0 Å². The van der Waals surface area contributed by atoms with Crippen molar-refractivity contribution in [2.24, 2.45) is 0 Å². The molecule has 0 atom stereocenters. The molecule has 2 heterocycles. The first-order valence-electron chi connectivity index (χ1n) is 19.3. The molecule has 0 bridgehead atoms. The van der Waals surface area contributed by atoms with E-state index in [1.807, 2.05) is 0 Å². The molecule has 0 radical (unpaired) electrons. The number of nitrogens with zero attached hydrogens (tertiary/aromatic N) is 2. The lowest BCUT2D eigenvalue weighted by Gasteiger charge is -2.12. The molecule has 0 unspecified atom stereocenters. The van der Waals surface area contributed by atoms with Crippen LogP contribution in [0.2, 0.25) is 0 Å². The molecule has 11 aromatic rings. The zero-order chi connectivity index (χ0) is 37.0. The molecular weight excluding hydrogens is 677 g/mol. The van der Waals surface area contributed by atoms with Gasteiger partial charge in [-0.15, -0.1) is 0 Å². The van der Waals surface area contributed by atoms with Crippen LogP contribution < -0.4 is 0 Å². The first-order chi connectivity index (χ1) is 27.8. The van der Waals surface area contributed by atoms with Gasteiger partial charge in [-0.05, 0) is 117 Å². The van der Waals surface area contributed by atoms with Gasteiger partial charge in [-0.3, -0.25) is 0 Å². The van der Waals surface area contributed by atoms with Crippen LogP contribution in [0, 0.1) is 0 Å². The summed E-state index contributed by atoms with van der Waals surface area (Å²) >= 11 is 0. The predicted octanol–water partition coefficient (Wildman–Crippen LogP) is 14.5. The quantitative estimate of drug-likeness (QED) is 0.162.